The number of aromatic nitrogens is 3. The molecule has 2 atom stereocenters. The van der Waals surface area contributed by atoms with Gasteiger partial charge in [-0.15, -0.1) is 11.3 Å². The van der Waals surface area contributed by atoms with Crippen molar-refractivity contribution in [3.8, 4) is 0 Å². The number of nitrogens with zero attached hydrogens (tertiary/aromatic N) is 4. The number of aliphatic carboxylic acids is 1. The zero-order valence-electron chi connectivity index (χ0n) is 20.0. The van der Waals surface area contributed by atoms with Crippen LogP contribution in [0, 0.1) is 0 Å². The fourth-order valence-corrected chi connectivity index (χ4v) is 4.71. The Morgan fingerprint density at radius 1 is 1.22 bits per heavy atom. The number of carboxylic acid groups (broad SMARTS) is 1. The quantitative estimate of drug-likeness (QED) is 0.373. The van der Waals surface area contributed by atoms with Crippen molar-refractivity contribution in [3.05, 3.63) is 57.0 Å². The van der Waals surface area contributed by atoms with E-state index in [4.69, 9.17) is 5.11 Å². The van der Waals surface area contributed by atoms with Gasteiger partial charge in [-0.3, -0.25) is 19.3 Å². The highest BCUT2D eigenvalue weighted by Gasteiger charge is 2.29. The lowest BCUT2D eigenvalue weighted by atomic mass is 9.93. The molecule has 4 heterocycles. The molecule has 0 bridgehead atoms. The first kappa shape index (κ1) is 25.5. The summed E-state index contributed by atoms with van der Waals surface area (Å²) in [6.45, 7) is 6.40. The fraction of sp³-hybridized carbons (Fsp3) is 0.375. The molecule has 190 valence electrons. The second-order valence-corrected chi connectivity index (χ2v) is 10.4. The van der Waals surface area contributed by atoms with Crippen molar-refractivity contribution in [3.63, 3.8) is 0 Å². The zero-order valence-corrected chi connectivity index (χ0v) is 20.8. The van der Waals surface area contributed by atoms with Gasteiger partial charge in [-0.05, 0) is 24.6 Å². The highest BCUT2D eigenvalue weighted by molar-refractivity contribution is 7.14. The van der Waals surface area contributed by atoms with Gasteiger partial charge in [0.2, 0.25) is 0 Å². The Hall–Kier alpha value is -3.61. The van der Waals surface area contributed by atoms with Gasteiger partial charge in [0, 0.05) is 41.7 Å². The Morgan fingerprint density at radius 2 is 1.97 bits per heavy atom. The number of fused-ring (bicyclic) bond motifs is 1. The molecule has 0 aromatic carbocycles. The molecule has 0 saturated carbocycles. The third kappa shape index (κ3) is 5.30. The molecule has 4 rings (SSSR count). The number of rotatable bonds is 5. The summed E-state index contributed by atoms with van der Waals surface area (Å²) in [6.07, 6.45) is 1.69. The monoisotopic (exact) mass is 513 g/mol. The normalized spacial score (nSPS) is 18.6. The van der Waals surface area contributed by atoms with E-state index in [1.807, 2.05) is 26.2 Å². The van der Waals surface area contributed by atoms with Gasteiger partial charge < -0.3 is 20.2 Å². The largest absolute Gasteiger partial charge is 0.478 e. The number of aliphatic hydroxyl groups is 2. The molecule has 1 amide bonds. The fourth-order valence-electron chi connectivity index (χ4n) is 3.78. The predicted molar refractivity (Wildman–Crippen MR) is 136 cm³/mol. The average molecular weight is 514 g/mol. The number of carbonyl (C=O) groups excluding carboxylic acids is 1. The predicted octanol–water partition coefficient (Wildman–Crippen LogP) is 1.73. The summed E-state index contributed by atoms with van der Waals surface area (Å²) in [5, 5.41) is 34.2. The molecule has 3 aromatic heterocycles. The van der Waals surface area contributed by atoms with Crippen molar-refractivity contribution in [2.75, 3.05) is 23.3 Å². The number of pyridine rings is 1. The highest BCUT2D eigenvalue weighted by atomic mass is 32.1. The minimum atomic E-state index is -1.23. The summed E-state index contributed by atoms with van der Waals surface area (Å²) in [5.74, 6) is -1.49. The van der Waals surface area contributed by atoms with E-state index in [1.54, 1.807) is 4.90 Å². The number of carboxylic acids is 1. The van der Waals surface area contributed by atoms with Crippen LogP contribution in [0.1, 0.15) is 48.8 Å². The van der Waals surface area contributed by atoms with Gasteiger partial charge >= 0.3 is 5.97 Å². The van der Waals surface area contributed by atoms with Crippen LogP contribution in [0.4, 0.5) is 10.9 Å². The second kappa shape index (κ2) is 9.80. The molecule has 1 aliphatic heterocycles. The van der Waals surface area contributed by atoms with Crippen molar-refractivity contribution in [2.24, 2.45) is 0 Å². The number of hydrogen-bond acceptors (Lipinski definition) is 9. The van der Waals surface area contributed by atoms with E-state index in [0.717, 1.165) is 17.8 Å². The molecule has 12 heteroatoms. The highest BCUT2D eigenvalue weighted by Crippen LogP contribution is 2.27. The topological polar surface area (TPSA) is 157 Å². The molecule has 0 radical (unpaired) electrons. The number of thiazole rings is 1. The lowest BCUT2D eigenvalue weighted by molar-refractivity contribution is -0.131. The number of hydrogen-bond donors (Lipinski definition) is 4. The first-order chi connectivity index (χ1) is 16.9. The molecule has 1 aliphatic rings. The molecule has 0 aliphatic carbocycles. The molecule has 2 unspecified atom stereocenters. The summed E-state index contributed by atoms with van der Waals surface area (Å²) in [6, 6.07) is 2.92. The van der Waals surface area contributed by atoms with Crippen LogP contribution < -0.4 is 15.8 Å². The van der Waals surface area contributed by atoms with Crippen LogP contribution in [0.3, 0.4) is 0 Å². The van der Waals surface area contributed by atoms with Crippen molar-refractivity contribution in [2.45, 2.75) is 44.8 Å². The third-order valence-corrected chi connectivity index (χ3v) is 6.60. The molecule has 3 aromatic rings. The Labute approximate surface area is 210 Å². The average Bonchev–Trinajstić information content (AvgIpc) is 3.29. The second-order valence-electron chi connectivity index (χ2n) is 9.58. The maximum absolute atomic E-state index is 13.3. The van der Waals surface area contributed by atoms with E-state index < -0.39 is 29.6 Å². The van der Waals surface area contributed by atoms with E-state index >= 15 is 0 Å². The van der Waals surface area contributed by atoms with Gasteiger partial charge in [-0.1, -0.05) is 20.8 Å². The minimum absolute atomic E-state index is 0.0119. The van der Waals surface area contributed by atoms with Gasteiger partial charge in [0.1, 0.15) is 11.5 Å². The molecule has 0 spiro atoms. The van der Waals surface area contributed by atoms with Gasteiger partial charge in [-0.25, -0.2) is 14.8 Å². The number of anilines is 2. The molecular formula is C24H27N5O6S. The van der Waals surface area contributed by atoms with Crippen LogP contribution in [0.5, 0.6) is 0 Å². The smallest absolute Gasteiger partial charge is 0.328 e. The number of aliphatic hydroxyl groups excluding tert-OH is 2. The molecule has 4 N–H and O–H groups in total. The molecule has 1 fully saturated rings. The summed E-state index contributed by atoms with van der Waals surface area (Å²) in [7, 11) is 0. The Balaban J connectivity index is 1.72. The lowest BCUT2D eigenvalue weighted by Gasteiger charge is -2.34. The summed E-state index contributed by atoms with van der Waals surface area (Å²) < 4.78 is 1.22. The third-order valence-electron chi connectivity index (χ3n) is 5.84. The van der Waals surface area contributed by atoms with E-state index in [-0.39, 0.29) is 41.0 Å². The van der Waals surface area contributed by atoms with Crippen molar-refractivity contribution >= 4 is 45.9 Å². The molecular weight excluding hydrogens is 486 g/mol. The van der Waals surface area contributed by atoms with Crippen LogP contribution in [0.25, 0.3) is 11.7 Å². The maximum atomic E-state index is 13.3. The van der Waals surface area contributed by atoms with Crippen LogP contribution in [-0.2, 0) is 10.2 Å². The van der Waals surface area contributed by atoms with Gasteiger partial charge in [0.25, 0.3) is 11.5 Å². The van der Waals surface area contributed by atoms with E-state index in [0.29, 0.717) is 11.7 Å². The molecule has 11 nitrogen and oxygen atoms in total. The standard InChI is InChI=1S/C24H27N5O6S/c1-24(2,3)17-12-36-23(25-17)27-21(34)13-6-9-29-18(10-13)26-20(14(22(29)35)4-5-19(32)33)28-8-7-15(30)16(31)11-28/h4-6,9-10,12,15-16,30-31H,7-8,11H2,1-3H3,(H,32,33)(H,25,27,34)/b5-4+. The number of β-amino-alcohol motifs (C(OH)–C–C–N with tert-alkyl or cyclic N) is 1. The van der Waals surface area contributed by atoms with Crippen LogP contribution in [0.15, 0.2) is 34.6 Å². The van der Waals surface area contributed by atoms with E-state index in [9.17, 15) is 24.6 Å². The van der Waals surface area contributed by atoms with Crippen molar-refractivity contribution in [1.82, 2.24) is 14.4 Å². The SMILES string of the molecule is CC(C)(C)c1csc(NC(=O)c2ccn3c(=O)c(/C=C/C(=O)O)c(N4CCC(O)C(O)C4)nc3c2)n1. The van der Waals surface area contributed by atoms with Gasteiger partial charge in [0.05, 0.1) is 23.5 Å². The van der Waals surface area contributed by atoms with Gasteiger partial charge in [0.15, 0.2) is 5.13 Å². The first-order valence-corrected chi connectivity index (χ1v) is 12.2. The minimum Gasteiger partial charge on any atom is -0.478 e. The first-order valence-electron chi connectivity index (χ1n) is 11.3. The Bertz CT molecular complexity index is 1410. The number of nitrogens with one attached hydrogen (secondary N) is 1. The van der Waals surface area contributed by atoms with Crippen LogP contribution >= 0.6 is 11.3 Å². The number of piperidine rings is 1. The lowest BCUT2D eigenvalue weighted by Crippen LogP contribution is -2.47. The summed E-state index contributed by atoms with van der Waals surface area (Å²) >= 11 is 1.32. The van der Waals surface area contributed by atoms with Crippen LogP contribution in [-0.4, -0.2) is 66.9 Å². The van der Waals surface area contributed by atoms with Gasteiger partial charge in [-0.2, -0.15) is 0 Å². The maximum Gasteiger partial charge on any atom is 0.328 e. The van der Waals surface area contributed by atoms with E-state index in [1.165, 1.54) is 34.1 Å². The number of amides is 1. The Morgan fingerprint density at radius 3 is 2.61 bits per heavy atom. The molecule has 36 heavy (non-hydrogen) atoms. The van der Waals surface area contributed by atoms with E-state index in [2.05, 4.69) is 15.3 Å². The van der Waals surface area contributed by atoms with Crippen LogP contribution in [0.2, 0.25) is 0 Å². The molecule has 1 saturated heterocycles. The number of carbonyl (C=O) groups is 2. The van der Waals surface area contributed by atoms with Crippen molar-refractivity contribution in [1.29, 1.82) is 0 Å². The van der Waals surface area contributed by atoms with Crippen molar-refractivity contribution < 1.29 is 24.9 Å². The zero-order chi connectivity index (χ0) is 26.2. The summed E-state index contributed by atoms with van der Waals surface area (Å²) in [4.78, 5) is 47.9. The summed E-state index contributed by atoms with van der Waals surface area (Å²) in [5.41, 5.74) is 0.612. The Kier molecular flexibility index (Phi) is 6.94.